The first-order valence-corrected chi connectivity index (χ1v) is 10.7. The Hall–Kier alpha value is -4.56. The van der Waals surface area contributed by atoms with Crippen molar-refractivity contribution >= 4 is 40.6 Å². The van der Waals surface area contributed by atoms with E-state index in [1.165, 1.54) is 6.07 Å². The summed E-state index contributed by atoms with van der Waals surface area (Å²) in [5.74, 6) is 3.87. The van der Waals surface area contributed by atoms with Crippen LogP contribution in [0.25, 0.3) is 11.4 Å². The smallest absolute Gasteiger partial charge is 0.323 e. The molecule has 12 heteroatoms. The van der Waals surface area contributed by atoms with Gasteiger partial charge in [-0.3, -0.25) is 5.10 Å². The van der Waals surface area contributed by atoms with Gasteiger partial charge in [0.05, 0.1) is 10.6 Å². The summed E-state index contributed by atoms with van der Waals surface area (Å²) in [5, 5.41) is 14.3. The number of terminal acetylenes is 1. The molecule has 0 bridgehead atoms. The number of urea groups is 1. The number of aryl methyl sites for hydroxylation is 1. The Bertz CT molecular complexity index is 1480. The summed E-state index contributed by atoms with van der Waals surface area (Å²) >= 11 is 5.61. The molecule has 4 aromatic rings. The third-order valence-corrected chi connectivity index (χ3v) is 5.23. The van der Waals surface area contributed by atoms with Gasteiger partial charge in [0.2, 0.25) is 0 Å². The van der Waals surface area contributed by atoms with E-state index in [0.717, 1.165) is 17.7 Å². The fourth-order valence-electron chi connectivity index (χ4n) is 3.26. The van der Waals surface area contributed by atoms with Crippen molar-refractivity contribution in [2.24, 2.45) is 0 Å². The lowest BCUT2D eigenvalue weighted by molar-refractivity contribution is -0.137. The van der Waals surface area contributed by atoms with Crippen molar-refractivity contribution in [2.75, 3.05) is 16.0 Å². The van der Waals surface area contributed by atoms with Gasteiger partial charge >= 0.3 is 12.2 Å². The molecule has 0 radical (unpaired) electrons. The van der Waals surface area contributed by atoms with Gasteiger partial charge < -0.3 is 16.0 Å². The fraction of sp³-hybridized carbons (Fsp3) is 0.0833. The van der Waals surface area contributed by atoms with Crippen LogP contribution in [-0.4, -0.2) is 26.2 Å². The molecule has 2 heterocycles. The zero-order valence-corrected chi connectivity index (χ0v) is 19.3. The van der Waals surface area contributed by atoms with E-state index in [1.54, 1.807) is 36.5 Å². The second kappa shape index (κ2) is 9.97. The molecule has 36 heavy (non-hydrogen) atoms. The predicted octanol–water partition coefficient (Wildman–Crippen LogP) is 6.22. The molecule has 4 rings (SSSR count). The molecule has 0 spiro atoms. The number of rotatable bonds is 5. The number of anilines is 4. The summed E-state index contributed by atoms with van der Waals surface area (Å²) in [6, 6.07) is 10.8. The van der Waals surface area contributed by atoms with E-state index in [9.17, 15) is 18.0 Å². The Morgan fingerprint density at radius 2 is 1.78 bits per heavy atom. The minimum Gasteiger partial charge on any atom is -0.323 e. The van der Waals surface area contributed by atoms with Crippen LogP contribution < -0.4 is 16.0 Å². The quantitative estimate of drug-likeness (QED) is 0.238. The van der Waals surface area contributed by atoms with Gasteiger partial charge in [0, 0.05) is 29.2 Å². The molecule has 8 nitrogen and oxygen atoms in total. The summed E-state index contributed by atoms with van der Waals surface area (Å²) in [6.45, 7) is 1.81. The second-order valence-corrected chi connectivity index (χ2v) is 7.91. The number of carbonyl (C=O) groups is 1. The van der Waals surface area contributed by atoms with Gasteiger partial charge in [-0.25, -0.2) is 14.8 Å². The van der Waals surface area contributed by atoms with Gasteiger partial charge in [0.15, 0.2) is 11.6 Å². The highest BCUT2D eigenvalue weighted by molar-refractivity contribution is 6.31. The summed E-state index contributed by atoms with van der Waals surface area (Å²) in [5.41, 5.74) is 1.32. The molecule has 4 N–H and O–H groups in total. The molecule has 2 aromatic heterocycles. The molecule has 182 valence electrons. The van der Waals surface area contributed by atoms with Crippen LogP contribution >= 0.6 is 11.6 Å². The van der Waals surface area contributed by atoms with Crippen LogP contribution in [0.15, 0.2) is 54.7 Å². The van der Waals surface area contributed by atoms with Crippen molar-refractivity contribution in [3.8, 4) is 23.7 Å². The number of nitrogens with one attached hydrogen (secondary N) is 4. The monoisotopic (exact) mass is 511 g/mol. The number of carbonyl (C=O) groups excluding carboxylic acids is 1. The van der Waals surface area contributed by atoms with E-state index < -0.39 is 22.8 Å². The molecule has 2 aromatic carbocycles. The first-order chi connectivity index (χ1) is 17.1. The number of aromatic nitrogens is 4. The highest BCUT2D eigenvalue weighted by Gasteiger charge is 2.33. The van der Waals surface area contributed by atoms with Crippen LogP contribution in [0.5, 0.6) is 0 Å². The van der Waals surface area contributed by atoms with Crippen LogP contribution in [0.2, 0.25) is 5.02 Å². The number of halogens is 4. The number of nitrogens with zero attached hydrogens (tertiary/aromatic N) is 3. The topological polar surface area (TPSA) is 108 Å². The molecule has 0 unspecified atom stereocenters. The zero-order chi connectivity index (χ0) is 25.9. The minimum atomic E-state index is -4.64. The largest absolute Gasteiger partial charge is 0.417 e. The first-order valence-electron chi connectivity index (χ1n) is 10.3. The van der Waals surface area contributed by atoms with Crippen LogP contribution in [0.4, 0.5) is 41.0 Å². The highest BCUT2D eigenvalue weighted by Crippen LogP contribution is 2.36. The van der Waals surface area contributed by atoms with Gasteiger partial charge in [-0.2, -0.15) is 18.3 Å². The molecular weight excluding hydrogens is 495 g/mol. The average molecular weight is 512 g/mol. The number of amides is 2. The molecule has 2 amide bonds. The Labute approximate surface area is 208 Å². The molecule has 0 aliphatic carbocycles. The molecular formula is C24H17ClF3N7O. The number of H-pyrrole nitrogens is 1. The van der Waals surface area contributed by atoms with Crippen molar-refractivity contribution in [3.05, 3.63) is 76.6 Å². The molecule has 0 atom stereocenters. The SMILES string of the molecule is C#Cc1cc(Nc2ccnc(-c3ccc(NC(=O)Nc4ccc(Cl)c(C(F)(F)F)c4)cc3C)n2)n[nH]1. The summed E-state index contributed by atoms with van der Waals surface area (Å²) in [7, 11) is 0. The maximum atomic E-state index is 13.0. The average Bonchev–Trinajstić information content (AvgIpc) is 3.27. The number of hydrogen-bond acceptors (Lipinski definition) is 5. The lowest BCUT2D eigenvalue weighted by Crippen LogP contribution is -2.20. The Morgan fingerprint density at radius 3 is 2.44 bits per heavy atom. The van der Waals surface area contributed by atoms with Crippen LogP contribution in [-0.2, 0) is 6.18 Å². The number of benzene rings is 2. The summed E-state index contributed by atoms with van der Waals surface area (Å²) in [4.78, 5) is 21.1. The number of alkyl halides is 3. The van der Waals surface area contributed by atoms with Gasteiger partial charge in [-0.05, 0) is 55.0 Å². The van der Waals surface area contributed by atoms with Crippen molar-refractivity contribution in [1.29, 1.82) is 0 Å². The molecule has 0 fully saturated rings. The Kier molecular flexibility index (Phi) is 6.80. The van der Waals surface area contributed by atoms with Crippen LogP contribution in [0, 0.1) is 19.3 Å². The maximum absolute atomic E-state index is 13.0. The van der Waals surface area contributed by atoms with Crippen molar-refractivity contribution < 1.29 is 18.0 Å². The third-order valence-electron chi connectivity index (χ3n) is 4.90. The highest BCUT2D eigenvalue weighted by atomic mass is 35.5. The van der Waals surface area contributed by atoms with E-state index >= 15 is 0 Å². The van der Waals surface area contributed by atoms with Gasteiger partial charge in [0.1, 0.15) is 11.5 Å². The molecule has 0 aliphatic heterocycles. The molecule has 0 saturated carbocycles. The van der Waals surface area contributed by atoms with E-state index in [2.05, 4.69) is 42.0 Å². The van der Waals surface area contributed by atoms with Gasteiger partial charge in [0.25, 0.3) is 0 Å². The molecule has 0 saturated heterocycles. The lowest BCUT2D eigenvalue weighted by Gasteiger charge is -2.13. The van der Waals surface area contributed by atoms with Gasteiger partial charge in [-0.1, -0.05) is 17.5 Å². The van der Waals surface area contributed by atoms with Crippen LogP contribution in [0.1, 0.15) is 16.8 Å². The predicted molar refractivity (Wildman–Crippen MR) is 131 cm³/mol. The Morgan fingerprint density at radius 1 is 1.06 bits per heavy atom. The first kappa shape index (κ1) is 24.6. The van der Waals surface area contributed by atoms with E-state index in [1.807, 2.05) is 6.92 Å². The van der Waals surface area contributed by atoms with E-state index in [0.29, 0.717) is 34.4 Å². The maximum Gasteiger partial charge on any atom is 0.417 e. The Balaban J connectivity index is 1.46. The van der Waals surface area contributed by atoms with Crippen molar-refractivity contribution in [1.82, 2.24) is 20.2 Å². The minimum absolute atomic E-state index is 0.0541. The normalized spacial score (nSPS) is 11.0. The summed E-state index contributed by atoms with van der Waals surface area (Å²) in [6.07, 6.45) is 2.27. The van der Waals surface area contributed by atoms with Crippen molar-refractivity contribution in [2.45, 2.75) is 13.1 Å². The van der Waals surface area contributed by atoms with E-state index in [-0.39, 0.29) is 5.69 Å². The lowest BCUT2D eigenvalue weighted by atomic mass is 10.1. The molecule has 0 aliphatic rings. The summed E-state index contributed by atoms with van der Waals surface area (Å²) < 4.78 is 39.1. The zero-order valence-electron chi connectivity index (χ0n) is 18.5. The fourth-order valence-corrected chi connectivity index (χ4v) is 3.48. The van der Waals surface area contributed by atoms with Crippen molar-refractivity contribution in [3.63, 3.8) is 0 Å². The standard InChI is InChI=1S/C24H17ClF3N7O/c1-3-14-12-21(35-34-14)32-20-8-9-29-22(33-20)17-6-4-15(10-13(17)2)30-23(36)31-16-5-7-19(25)18(11-16)24(26,27)28/h1,4-12H,2H3,(H2,30,31,36)(H2,29,32,33,34,35). The second-order valence-electron chi connectivity index (χ2n) is 7.50. The van der Waals surface area contributed by atoms with Gasteiger partial charge in [-0.15, -0.1) is 6.42 Å². The number of hydrogen-bond donors (Lipinski definition) is 4. The number of aromatic amines is 1. The van der Waals surface area contributed by atoms with E-state index in [4.69, 9.17) is 18.0 Å². The van der Waals surface area contributed by atoms with Crippen LogP contribution in [0.3, 0.4) is 0 Å². The third kappa shape index (κ3) is 5.73.